The van der Waals surface area contributed by atoms with Gasteiger partial charge in [0.05, 0.1) is 23.4 Å². The van der Waals surface area contributed by atoms with Gasteiger partial charge < -0.3 is 4.42 Å². The third-order valence-electron chi connectivity index (χ3n) is 5.47. The van der Waals surface area contributed by atoms with Gasteiger partial charge in [0, 0.05) is 17.3 Å². The molecule has 5 nitrogen and oxygen atoms in total. The van der Waals surface area contributed by atoms with Crippen LogP contribution in [0, 0.1) is 13.8 Å². The van der Waals surface area contributed by atoms with Crippen LogP contribution in [-0.4, -0.2) is 24.9 Å². The molecular formula is C26H21N3O2S2. The maximum absolute atomic E-state index is 13.2. The van der Waals surface area contributed by atoms with Crippen molar-refractivity contribution in [2.75, 3.05) is 0 Å². The largest absolute Gasteiger partial charge is 0.467 e. The molecule has 0 saturated carbocycles. The SMILES string of the molecule is Cc1ccc(C)c(-c2nn(-c3ccccc3)cc2/C=C2\SC(=S)N(Cc3ccco3)C2=O)c1. The highest BCUT2D eigenvalue weighted by Crippen LogP contribution is 2.36. The highest BCUT2D eigenvalue weighted by Gasteiger charge is 2.33. The summed E-state index contributed by atoms with van der Waals surface area (Å²) < 4.78 is 7.78. The van der Waals surface area contributed by atoms with Crippen molar-refractivity contribution < 1.29 is 9.21 Å². The van der Waals surface area contributed by atoms with Crippen molar-refractivity contribution in [3.05, 3.63) is 100 Å². The van der Waals surface area contributed by atoms with Crippen molar-refractivity contribution in [3.63, 3.8) is 0 Å². The summed E-state index contributed by atoms with van der Waals surface area (Å²) >= 11 is 6.80. The normalized spacial score (nSPS) is 15.1. The Balaban J connectivity index is 1.58. The molecule has 1 aliphatic heterocycles. The zero-order valence-electron chi connectivity index (χ0n) is 18.2. The Morgan fingerprint density at radius 1 is 1.09 bits per heavy atom. The minimum atomic E-state index is -0.124. The fraction of sp³-hybridized carbons (Fsp3) is 0.115. The summed E-state index contributed by atoms with van der Waals surface area (Å²) in [4.78, 5) is 15.3. The first kappa shape index (κ1) is 21.4. The van der Waals surface area contributed by atoms with Gasteiger partial charge in [-0.15, -0.1) is 0 Å². The van der Waals surface area contributed by atoms with Gasteiger partial charge >= 0.3 is 0 Å². The summed E-state index contributed by atoms with van der Waals surface area (Å²) in [5, 5.41) is 4.91. The van der Waals surface area contributed by atoms with Crippen LogP contribution in [0.25, 0.3) is 23.0 Å². The Kier molecular flexibility index (Phi) is 5.74. The lowest BCUT2D eigenvalue weighted by Gasteiger charge is -2.12. The van der Waals surface area contributed by atoms with E-state index >= 15 is 0 Å². The second kappa shape index (κ2) is 8.84. The minimum absolute atomic E-state index is 0.124. The van der Waals surface area contributed by atoms with E-state index in [1.54, 1.807) is 17.2 Å². The lowest BCUT2D eigenvalue weighted by Crippen LogP contribution is -2.27. The average Bonchev–Trinajstić information content (AvgIpc) is 3.54. The molecule has 164 valence electrons. The molecule has 0 unspecified atom stereocenters. The van der Waals surface area contributed by atoms with E-state index in [0.717, 1.165) is 33.6 Å². The Morgan fingerprint density at radius 3 is 2.67 bits per heavy atom. The van der Waals surface area contributed by atoms with Crippen molar-refractivity contribution in [2.24, 2.45) is 0 Å². The van der Waals surface area contributed by atoms with Crippen LogP contribution < -0.4 is 0 Å². The number of hydrogen-bond acceptors (Lipinski definition) is 5. The van der Waals surface area contributed by atoms with Gasteiger partial charge in [0.15, 0.2) is 0 Å². The molecule has 33 heavy (non-hydrogen) atoms. The molecule has 5 rings (SSSR count). The van der Waals surface area contributed by atoms with Crippen molar-refractivity contribution in [2.45, 2.75) is 20.4 Å². The lowest BCUT2D eigenvalue weighted by molar-refractivity contribution is -0.122. The van der Waals surface area contributed by atoms with Crippen LogP contribution in [0.2, 0.25) is 0 Å². The molecule has 7 heteroatoms. The van der Waals surface area contributed by atoms with Crippen molar-refractivity contribution in [1.29, 1.82) is 0 Å². The third kappa shape index (κ3) is 4.29. The summed E-state index contributed by atoms with van der Waals surface area (Å²) in [6.45, 7) is 4.46. The predicted octanol–water partition coefficient (Wildman–Crippen LogP) is 6.15. The van der Waals surface area contributed by atoms with Gasteiger partial charge in [-0.2, -0.15) is 5.10 Å². The first-order valence-corrected chi connectivity index (χ1v) is 11.7. The van der Waals surface area contributed by atoms with Crippen LogP contribution in [0.5, 0.6) is 0 Å². The highest BCUT2D eigenvalue weighted by atomic mass is 32.2. The summed E-state index contributed by atoms with van der Waals surface area (Å²) in [7, 11) is 0. The molecule has 0 spiro atoms. The molecule has 1 aliphatic rings. The maximum Gasteiger partial charge on any atom is 0.266 e. The van der Waals surface area contributed by atoms with E-state index < -0.39 is 0 Å². The van der Waals surface area contributed by atoms with Crippen LogP contribution >= 0.6 is 24.0 Å². The number of aromatic nitrogens is 2. The van der Waals surface area contributed by atoms with E-state index in [4.69, 9.17) is 21.7 Å². The molecule has 0 N–H and O–H groups in total. The number of benzene rings is 2. The van der Waals surface area contributed by atoms with Crippen LogP contribution in [-0.2, 0) is 11.3 Å². The molecule has 2 aromatic heterocycles. The van der Waals surface area contributed by atoms with E-state index in [9.17, 15) is 4.79 Å². The molecule has 1 fully saturated rings. The van der Waals surface area contributed by atoms with Gasteiger partial charge in [0.1, 0.15) is 15.8 Å². The number of carbonyl (C=O) groups excluding carboxylic acids is 1. The molecule has 3 heterocycles. The second-order valence-electron chi connectivity index (χ2n) is 7.88. The van der Waals surface area contributed by atoms with Gasteiger partial charge in [0.25, 0.3) is 5.91 Å². The number of thiocarbonyl (C=S) groups is 1. The molecule has 0 bridgehead atoms. The molecule has 0 atom stereocenters. The molecule has 1 amide bonds. The van der Waals surface area contributed by atoms with Crippen LogP contribution in [0.3, 0.4) is 0 Å². The predicted molar refractivity (Wildman–Crippen MR) is 136 cm³/mol. The molecule has 0 radical (unpaired) electrons. The summed E-state index contributed by atoms with van der Waals surface area (Å²) in [5.74, 6) is 0.571. The van der Waals surface area contributed by atoms with E-state index in [1.165, 1.54) is 11.8 Å². The van der Waals surface area contributed by atoms with Crippen molar-refractivity contribution >= 4 is 40.3 Å². The monoisotopic (exact) mass is 471 g/mol. The summed E-state index contributed by atoms with van der Waals surface area (Å²) in [6.07, 6.45) is 5.45. The van der Waals surface area contributed by atoms with Crippen molar-refractivity contribution in [1.82, 2.24) is 14.7 Å². The van der Waals surface area contributed by atoms with E-state index in [-0.39, 0.29) is 5.91 Å². The number of furan rings is 1. The average molecular weight is 472 g/mol. The Bertz CT molecular complexity index is 1370. The highest BCUT2D eigenvalue weighted by molar-refractivity contribution is 8.26. The lowest BCUT2D eigenvalue weighted by atomic mass is 10.0. The molecule has 0 aliphatic carbocycles. The minimum Gasteiger partial charge on any atom is -0.467 e. The zero-order valence-corrected chi connectivity index (χ0v) is 19.8. The fourth-order valence-corrected chi connectivity index (χ4v) is 4.99. The summed E-state index contributed by atoms with van der Waals surface area (Å²) in [6, 6.07) is 19.9. The number of rotatable bonds is 5. The first-order chi connectivity index (χ1) is 16.0. The Labute approximate surface area is 201 Å². The van der Waals surface area contributed by atoms with E-state index in [1.807, 2.05) is 53.4 Å². The van der Waals surface area contributed by atoms with Crippen molar-refractivity contribution in [3.8, 4) is 16.9 Å². The number of nitrogens with zero attached hydrogens (tertiary/aromatic N) is 3. The van der Waals surface area contributed by atoms with Gasteiger partial charge in [-0.1, -0.05) is 59.9 Å². The number of amides is 1. The number of aryl methyl sites for hydroxylation is 2. The standard InChI is InChI=1S/C26H21N3O2S2/c1-17-10-11-18(2)22(13-17)24-19(15-29(27-24)20-7-4-3-5-8-20)14-23-25(30)28(26(32)33-23)16-21-9-6-12-31-21/h3-15H,16H2,1-2H3/b23-14-. The Hall–Kier alpha value is -3.42. The molecule has 4 aromatic rings. The number of hydrogen-bond donors (Lipinski definition) is 0. The Morgan fingerprint density at radius 2 is 1.91 bits per heavy atom. The summed E-state index contributed by atoms with van der Waals surface area (Å²) in [5.41, 5.74) is 5.97. The second-order valence-corrected chi connectivity index (χ2v) is 9.55. The zero-order chi connectivity index (χ0) is 22.9. The topological polar surface area (TPSA) is 51.3 Å². The maximum atomic E-state index is 13.2. The van der Waals surface area contributed by atoms with E-state index in [0.29, 0.717) is 21.5 Å². The smallest absolute Gasteiger partial charge is 0.266 e. The van der Waals surface area contributed by atoms with Gasteiger partial charge in [-0.25, -0.2) is 4.68 Å². The van der Waals surface area contributed by atoms with Gasteiger partial charge in [-0.05, 0) is 55.8 Å². The fourth-order valence-electron chi connectivity index (χ4n) is 3.74. The number of carbonyl (C=O) groups is 1. The molecule has 1 saturated heterocycles. The molecule has 2 aromatic carbocycles. The van der Waals surface area contributed by atoms with Gasteiger partial charge in [-0.3, -0.25) is 9.69 Å². The number of thioether (sulfide) groups is 1. The van der Waals surface area contributed by atoms with Crippen LogP contribution in [0.4, 0.5) is 0 Å². The van der Waals surface area contributed by atoms with Gasteiger partial charge in [0.2, 0.25) is 0 Å². The number of para-hydroxylation sites is 1. The molecular weight excluding hydrogens is 450 g/mol. The third-order valence-corrected chi connectivity index (χ3v) is 6.84. The van der Waals surface area contributed by atoms with Crippen LogP contribution in [0.15, 0.2) is 82.4 Å². The van der Waals surface area contributed by atoms with E-state index in [2.05, 4.69) is 32.0 Å². The quantitative estimate of drug-likeness (QED) is 0.258. The first-order valence-electron chi connectivity index (χ1n) is 10.5. The van der Waals surface area contributed by atoms with Crippen LogP contribution in [0.1, 0.15) is 22.5 Å².